The van der Waals surface area contributed by atoms with Crippen LogP contribution in [0.3, 0.4) is 0 Å². The molecule has 0 aliphatic carbocycles. The Labute approximate surface area is 181 Å². The zero-order valence-electron chi connectivity index (χ0n) is 17.4. The Bertz CT molecular complexity index is 1100. The van der Waals surface area contributed by atoms with E-state index < -0.39 is 0 Å². The molecule has 4 rings (SSSR count). The van der Waals surface area contributed by atoms with Gasteiger partial charge in [0.1, 0.15) is 5.82 Å². The van der Waals surface area contributed by atoms with Gasteiger partial charge in [-0.2, -0.15) is 0 Å². The number of nitrogens with zero attached hydrogens (tertiary/aromatic N) is 4. The molecule has 0 unspecified atom stereocenters. The van der Waals surface area contributed by atoms with Gasteiger partial charge in [0.2, 0.25) is 5.95 Å². The molecule has 2 aromatic carbocycles. The van der Waals surface area contributed by atoms with Crippen molar-refractivity contribution in [3.8, 4) is 11.4 Å². The Morgan fingerprint density at radius 3 is 2.47 bits per heavy atom. The van der Waals surface area contributed by atoms with Crippen molar-refractivity contribution in [1.29, 1.82) is 0 Å². The zero-order valence-corrected chi connectivity index (χ0v) is 18.2. The van der Waals surface area contributed by atoms with Crippen LogP contribution < -0.4 is 5.32 Å². The summed E-state index contributed by atoms with van der Waals surface area (Å²) in [5, 5.41) is 3.31. The number of thioether (sulfide) groups is 1. The molecular formula is C24H25N5S. The first-order valence-electron chi connectivity index (χ1n) is 10.0. The quantitative estimate of drug-likeness (QED) is 0.361. The van der Waals surface area contributed by atoms with Crippen LogP contribution in [0.25, 0.3) is 11.4 Å². The van der Waals surface area contributed by atoms with E-state index in [2.05, 4.69) is 82.2 Å². The Hall–Kier alpha value is -3.12. The molecule has 0 fully saturated rings. The zero-order chi connectivity index (χ0) is 20.9. The Morgan fingerprint density at radius 1 is 0.967 bits per heavy atom. The lowest BCUT2D eigenvalue weighted by molar-refractivity contribution is 0.587. The molecule has 0 saturated carbocycles. The number of nitrogens with one attached hydrogen (secondary N) is 1. The van der Waals surface area contributed by atoms with Crippen molar-refractivity contribution >= 4 is 23.4 Å². The monoisotopic (exact) mass is 415 g/mol. The fourth-order valence-electron chi connectivity index (χ4n) is 3.36. The van der Waals surface area contributed by atoms with E-state index in [1.165, 1.54) is 10.5 Å². The van der Waals surface area contributed by atoms with Gasteiger partial charge in [0, 0.05) is 28.6 Å². The summed E-state index contributed by atoms with van der Waals surface area (Å²) in [6, 6.07) is 21.1. The Morgan fingerprint density at radius 2 is 1.73 bits per heavy atom. The lowest BCUT2D eigenvalue weighted by atomic mass is 10.2. The molecule has 6 heteroatoms. The minimum absolute atomic E-state index is 0.315. The van der Waals surface area contributed by atoms with Crippen LogP contribution in [0.2, 0.25) is 0 Å². The molecule has 5 nitrogen and oxygen atoms in total. The summed E-state index contributed by atoms with van der Waals surface area (Å²) >= 11 is 1.83. The van der Waals surface area contributed by atoms with Crippen molar-refractivity contribution in [1.82, 2.24) is 19.5 Å². The van der Waals surface area contributed by atoms with Crippen LogP contribution in [0.15, 0.2) is 78.0 Å². The predicted octanol–water partition coefficient (Wildman–Crippen LogP) is 6.27. The van der Waals surface area contributed by atoms with Crippen molar-refractivity contribution in [2.24, 2.45) is 0 Å². The van der Waals surface area contributed by atoms with Gasteiger partial charge in [-0.05, 0) is 56.7 Å². The Kier molecular flexibility index (Phi) is 6.14. The fraction of sp³-hybridized carbons (Fsp3) is 0.208. The van der Waals surface area contributed by atoms with Crippen molar-refractivity contribution in [3.63, 3.8) is 0 Å². The summed E-state index contributed by atoms with van der Waals surface area (Å²) in [5.41, 5.74) is 4.15. The summed E-state index contributed by atoms with van der Waals surface area (Å²) < 4.78 is 2.19. The smallest absolute Gasteiger partial charge is 0.227 e. The SMILES string of the molecule is Cc1ncc(-c2ccnc(Nc3ccc(SCc4ccccc4)cc3)n2)n1C(C)C. The van der Waals surface area contributed by atoms with Crippen LogP contribution in [0.4, 0.5) is 11.6 Å². The van der Waals surface area contributed by atoms with Crippen LogP contribution in [-0.2, 0) is 5.75 Å². The molecule has 30 heavy (non-hydrogen) atoms. The maximum atomic E-state index is 4.70. The van der Waals surface area contributed by atoms with E-state index in [1.807, 2.05) is 37.0 Å². The first kappa shape index (κ1) is 20.2. The number of anilines is 2. The minimum atomic E-state index is 0.315. The number of hydrogen-bond acceptors (Lipinski definition) is 5. The molecule has 0 spiro atoms. The van der Waals surface area contributed by atoms with Gasteiger partial charge in [0.25, 0.3) is 0 Å². The van der Waals surface area contributed by atoms with Crippen LogP contribution in [0.1, 0.15) is 31.3 Å². The Balaban J connectivity index is 1.45. The van der Waals surface area contributed by atoms with Gasteiger partial charge in [-0.25, -0.2) is 15.0 Å². The summed E-state index contributed by atoms with van der Waals surface area (Å²) in [4.78, 5) is 14.8. The second-order valence-corrected chi connectivity index (χ2v) is 8.39. The molecular weight excluding hydrogens is 390 g/mol. The average molecular weight is 416 g/mol. The number of imidazole rings is 1. The first-order valence-corrected chi connectivity index (χ1v) is 11.0. The lowest BCUT2D eigenvalue weighted by Crippen LogP contribution is -2.06. The highest BCUT2D eigenvalue weighted by atomic mass is 32.2. The lowest BCUT2D eigenvalue weighted by Gasteiger charge is -2.14. The van der Waals surface area contributed by atoms with Gasteiger partial charge in [0.05, 0.1) is 17.6 Å². The van der Waals surface area contributed by atoms with Crippen LogP contribution in [-0.4, -0.2) is 19.5 Å². The van der Waals surface area contributed by atoms with Gasteiger partial charge in [-0.3, -0.25) is 0 Å². The number of benzene rings is 2. The summed E-state index contributed by atoms with van der Waals surface area (Å²) in [5.74, 6) is 2.52. The van der Waals surface area contributed by atoms with E-state index >= 15 is 0 Å². The maximum absolute atomic E-state index is 4.70. The second-order valence-electron chi connectivity index (χ2n) is 7.34. The fourth-order valence-corrected chi connectivity index (χ4v) is 4.22. The van der Waals surface area contributed by atoms with Crippen LogP contribution in [0, 0.1) is 6.92 Å². The highest BCUT2D eigenvalue weighted by Crippen LogP contribution is 2.26. The van der Waals surface area contributed by atoms with Gasteiger partial charge >= 0.3 is 0 Å². The van der Waals surface area contributed by atoms with Gasteiger partial charge in [-0.15, -0.1) is 11.8 Å². The third-order valence-corrected chi connectivity index (χ3v) is 5.86. The van der Waals surface area contributed by atoms with E-state index in [4.69, 9.17) is 4.98 Å². The second kappa shape index (κ2) is 9.13. The van der Waals surface area contributed by atoms with Crippen molar-refractivity contribution < 1.29 is 0 Å². The minimum Gasteiger partial charge on any atom is -0.324 e. The molecule has 0 atom stereocenters. The van der Waals surface area contributed by atoms with E-state index in [-0.39, 0.29) is 0 Å². The van der Waals surface area contributed by atoms with Crippen LogP contribution >= 0.6 is 11.8 Å². The molecule has 2 heterocycles. The molecule has 1 N–H and O–H groups in total. The summed E-state index contributed by atoms with van der Waals surface area (Å²) in [6.07, 6.45) is 3.65. The molecule has 2 aromatic heterocycles. The highest BCUT2D eigenvalue weighted by molar-refractivity contribution is 7.98. The number of hydrogen-bond donors (Lipinski definition) is 1. The third-order valence-electron chi connectivity index (χ3n) is 4.78. The summed E-state index contributed by atoms with van der Waals surface area (Å²) in [6.45, 7) is 6.31. The third kappa shape index (κ3) is 4.71. The van der Waals surface area contributed by atoms with Crippen molar-refractivity contribution in [2.45, 2.75) is 37.5 Å². The average Bonchev–Trinajstić information content (AvgIpc) is 3.16. The molecule has 4 aromatic rings. The molecule has 0 saturated heterocycles. The normalized spacial score (nSPS) is 11.1. The molecule has 152 valence electrons. The first-order chi connectivity index (χ1) is 14.6. The van der Waals surface area contributed by atoms with Crippen molar-refractivity contribution in [2.75, 3.05) is 5.32 Å². The molecule has 0 aliphatic heterocycles. The van der Waals surface area contributed by atoms with E-state index in [1.54, 1.807) is 6.20 Å². The standard InChI is InChI=1S/C24H25N5S/c1-17(2)29-18(3)26-15-23(29)22-13-14-25-24(28-22)27-20-9-11-21(12-10-20)30-16-19-7-5-4-6-8-19/h4-15,17H,16H2,1-3H3,(H,25,27,28). The molecule has 0 radical (unpaired) electrons. The molecule has 0 bridgehead atoms. The van der Waals surface area contributed by atoms with Gasteiger partial charge in [0.15, 0.2) is 0 Å². The van der Waals surface area contributed by atoms with E-state index in [9.17, 15) is 0 Å². The number of aromatic nitrogens is 4. The largest absolute Gasteiger partial charge is 0.324 e. The van der Waals surface area contributed by atoms with Crippen LogP contribution in [0.5, 0.6) is 0 Å². The summed E-state index contributed by atoms with van der Waals surface area (Å²) in [7, 11) is 0. The molecule has 0 amide bonds. The number of aryl methyl sites for hydroxylation is 1. The highest BCUT2D eigenvalue weighted by Gasteiger charge is 2.13. The van der Waals surface area contributed by atoms with Gasteiger partial charge in [-0.1, -0.05) is 30.3 Å². The van der Waals surface area contributed by atoms with Crippen molar-refractivity contribution in [3.05, 3.63) is 84.4 Å². The topological polar surface area (TPSA) is 55.6 Å². The molecule has 0 aliphatic rings. The maximum Gasteiger partial charge on any atom is 0.227 e. The predicted molar refractivity (Wildman–Crippen MR) is 124 cm³/mol. The van der Waals surface area contributed by atoms with Gasteiger partial charge < -0.3 is 9.88 Å². The van der Waals surface area contributed by atoms with E-state index in [0.717, 1.165) is 28.7 Å². The van der Waals surface area contributed by atoms with E-state index in [0.29, 0.717) is 12.0 Å². The number of rotatable bonds is 7.